The molecule has 3 rings (SSSR count). The van der Waals surface area contributed by atoms with Gasteiger partial charge in [0, 0.05) is 5.56 Å². The first kappa shape index (κ1) is 15.3. The number of anilines is 1. The van der Waals surface area contributed by atoms with Crippen molar-refractivity contribution in [2.75, 3.05) is 5.32 Å². The smallest absolute Gasteiger partial charge is 0.271 e. The Morgan fingerprint density at radius 1 is 1.17 bits per heavy atom. The van der Waals surface area contributed by atoms with Gasteiger partial charge in [0.25, 0.3) is 5.91 Å². The first-order chi connectivity index (χ1) is 11.6. The number of nitrogens with one attached hydrogen (secondary N) is 1. The number of carbonyl (C=O) groups is 2. The zero-order chi connectivity index (χ0) is 17.1. The van der Waals surface area contributed by atoms with Crippen molar-refractivity contribution in [3.05, 3.63) is 60.4 Å². The van der Waals surface area contributed by atoms with E-state index < -0.39 is 5.91 Å². The molecule has 0 saturated heterocycles. The van der Waals surface area contributed by atoms with Crippen LogP contribution in [-0.4, -0.2) is 27.2 Å². The molecule has 0 radical (unpaired) electrons. The van der Waals surface area contributed by atoms with Gasteiger partial charge in [-0.2, -0.15) is 5.10 Å². The van der Waals surface area contributed by atoms with Gasteiger partial charge in [0.15, 0.2) is 5.69 Å². The average molecular weight is 322 g/mol. The lowest BCUT2D eigenvalue weighted by atomic mass is 10.0. The number of benzene rings is 2. The number of phenolic OH excluding ortho intramolecular Hbond substituents is 1. The van der Waals surface area contributed by atoms with Gasteiger partial charge in [-0.3, -0.25) is 9.59 Å². The molecule has 1 aromatic heterocycles. The Kier molecular flexibility index (Phi) is 3.98. The van der Waals surface area contributed by atoms with Gasteiger partial charge in [-0.1, -0.05) is 30.3 Å². The second-order valence-corrected chi connectivity index (χ2v) is 5.03. The largest absolute Gasteiger partial charge is 0.507 e. The van der Waals surface area contributed by atoms with E-state index in [0.717, 1.165) is 5.56 Å². The summed E-state index contributed by atoms with van der Waals surface area (Å²) in [5.41, 5.74) is 7.70. The highest BCUT2D eigenvalue weighted by Crippen LogP contribution is 2.29. The van der Waals surface area contributed by atoms with Crippen molar-refractivity contribution in [1.82, 2.24) is 9.78 Å². The van der Waals surface area contributed by atoms with Crippen molar-refractivity contribution in [3.63, 3.8) is 0 Å². The Hall–Kier alpha value is -3.61. The summed E-state index contributed by atoms with van der Waals surface area (Å²) in [7, 11) is 0. The number of primary amides is 1. The van der Waals surface area contributed by atoms with Gasteiger partial charge >= 0.3 is 0 Å². The van der Waals surface area contributed by atoms with E-state index in [1.807, 2.05) is 24.3 Å². The fourth-order valence-corrected chi connectivity index (χ4v) is 2.37. The molecule has 7 nitrogen and oxygen atoms in total. The number of para-hydroxylation sites is 1. The van der Waals surface area contributed by atoms with Gasteiger partial charge < -0.3 is 16.2 Å². The molecule has 0 atom stereocenters. The van der Waals surface area contributed by atoms with Gasteiger partial charge in [0.2, 0.25) is 6.41 Å². The standard InChI is InChI=1S/C17H14N4O3/c18-17(24)16-14(19-10-22)9-21(20-16)12-7-5-11(6-8-12)13-3-1-2-4-15(13)23/h1-10,23H,(H2,18,24)(H,19,22). The predicted octanol–water partition coefficient (Wildman–Crippen LogP) is 1.91. The SMILES string of the molecule is NC(=O)c1nn(-c2ccc(-c3ccccc3O)cc2)cc1NC=O. The zero-order valence-corrected chi connectivity index (χ0v) is 12.5. The molecule has 0 fully saturated rings. The van der Waals surface area contributed by atoms with Crippen molar-refractivity contribution in [2.45, 2.75) is 0 Å². The Balaban J connectivity index is 1.97. The summed E-state index contributed by atoms with van der Waals surface area (Å²) >= 11 is 0. The Labute approximate surface area is 137 Å². The molecule has 1 heterocycles. The van der Waals surface area contributed by atoms with Crippen LogP contribution in [0.25, 0.3) is 16.8 Å². The fraction of sp³-hybridized carbons (Fsp3) is 0. The van der Waals surface area contributed by atoms with Crippen LogP contribution in [-0.2, 0) is 4.79 Å². The third kappa shape index (κ3) is 2.82. The van der Waals surface area contributed by atoms with Crippen LogP contribution in [0.4, 0.5) is 5.69 Å². The first-order valence-corrected chi connectivity index (χ1v) is 7.08. The zero-order valence-electron chi connectivity index (χ0n) is 12.5. The lowest BCUT2D eigenvalue weighted by Crippen LogP contribution is -2.14. The monoisotopic (exact) mass is 322 g/mol. The van der Waals surface area contributed by atoms with E-state index in [0.29, 0.717) is 17.7 Å². The van der Waals surface area contributed by atoms with Gasteiger partial charge in [-0.25, -0.2) is 4.68 Å². The maximum absolute atomic E-state index is 11.4. The van der Waals surface area contributed by atoms with Crippen molar-refractivity contribution in [3.8, 4) is 22.6 Å². The van der Waals surface area contributed by atoms with Crippen LogP contribution in [0.5, 0.6) is 5.75 Å². The van der Waals surface area contributed by atoms with Crippen molar-refractivity contribution in [2.24, 2.45) is 5.73 Å². The predicted molar refractivity (Wildman–Crippen MR) is 88.9 cm³/mol. The highest BCUT2D eigenvalue weighted by Gasteiger charge is 2.14. The summed E-state index contributed by atoms with van der Waals surface area (Å²) in [4.78, 5) is 22.0. The molecule has 0 spiro atoms. The van der Waals surface area contributed by atoms with Crippen LogP contribution >= 0.6 is 0 Å². The second kappa shape index (κ2) is 6.25. The molecule has 0 bridgehead atoms. The number of hydrogen-bond acceptors (Lipinski definition) is 4. The molecule has 4 N–H and O–H groups in total. The molecule has 7 heteroatoms. The fourth-order valence-electron chi connectivity index (χ4n) is 2.37. The third-order valence-electron chi connectivity index (χ3n) is 3.51. The Morgan fingerprint density at radius 2 is 1.88 bits per heavy atom. The highest BCUT2D eigenvalue weighted by molar-refractivity contribution is 5.98. The summed E-state index contributed by atoms with van der Waals surface area (Å²) in [5.74, 6) is -0.540. The van der Waals surface area contributed by atoms with Crippen LogP contribution < -0.4 is 11.1 Å². The van der Waals surface area contributed by atoms with Crippen LogP contribution in [0.3, 0.4) is 0 Å². The van der Waals surface area contributed by atoms with Gasteiger partial charge in [0.1, 0.15) is 5.75 Å². The van der Waals surface area contributed by atoms with Crippen molar-refractivity contribution >= 4 is 18.0 Å². The molecule has 24 heavy (non-hydrogen) atoms. The van der Waals surface area contributed by atoms with Crippen molar-refractivity contribution < 1.29 is 14.7 Å². The van der Waals surface area contributed by atoms with Gasteiger partial charge in [0.05, 0.1) is 17.6 Å². The summed E-state index contributed by atoms with van der Waals surface area (Å²) in [6.45, 7) is 0. The maximum Gasteiger partial charge on any atom is 0.271 e. The van der Waals surface area contributed by atoms with E-state index in [9.17, 15) is 14.7 Å². The van der Waals surface area contributed by atoms with Gasteiger partial charge in [-0.15, -0.1) is 0 Å². The number of aromatic hydroxyl groups is 1. The quantitative estimate of drug-likeness (QED) is 0.623. The van der Waals surface area contributed by atoms with Crippen LogP contribution in [0.15, 0.2) is 54.7 Å². The van der Waals surface area contributed by atoms with E-state index >= 15 is 0 Å². The van der Waals surface area contributed by atoms with E-state index in [1.54, 1.807) is 24.3 Å². The van der Waals surface area contributed by atoms with Gasteiger partial charge in [-0.05, 0) is 23.8 Å². The third-order valence-corrected chi connectivity index (χ3v) is 3.51. The Bertz CT molecular complexity index is 900. The Morgan fingerprint density at radius 3 is 2.50 bits per heavy atom. The molecule has 0 aliphatic rings. The minimum absolute atomic E-state index is 0.0214. The molecule has 2 aromatic carbocycles. The highest BCUT2D eigenvalue weighted by atomic mass is 16.3. The number of amides is 2. The van der Waals surface area contributed by atoms with Crippen molar-refractivity contribution in [1.29, 1.82) is 0 Å². The molecule has 0 aliphatic heterocycles. The lowest BCUT2D eigenvalue weighted by Gasteiger charge is -2.06. The van der Waals surface area contributed by atoms with E-state index in [-0.39, 0.29) is 17.1 Å². The number of aromatic nitrogens is 2. The topological polar surface area (TPSA) is 110 Å². The molecule has 0 aliphatic carbocycles. The minimum Gasteiger partial charge on any atom is -0.507 e. The van der Waals surface area contributed by atoms with E-state index in [1.165, 1.54) is 10.9 Å². The van der Waals surface area contributed by atoms with E-state index in [2.05, 4.69) is 10.4 Å². The minimum atomic E-state index is -0.732. The number of carbonyl (C=O) groups excluding carboxylic acids is 2. The molecule has 120 valence electrons. The lowest BCUT2D eigenvalue weighted by molar-refractivity contribution is -0.105. The average Bonchev–Trinajstić information content (AvgIpc) is 3.00. The number of nitrogens with two attached hydrogens (primary N) is 1. The summed E-state index contributed by atoms with van der Waals surface area (Å²) in [6.07, 6.45) is 1.96. The maximum atomic E-state index is 11.4. The molecule has 3 aromatic rings. The van der Waals surface area contributed by atoms with Crippen LogP contribution in [0, 0.1) is 0 Å². The molecular weight excluding hydrogens is 308 g/mol. The number of hydrogen-bond donors (Lipinski definition) is 3. The van der Waals surface area contributed by atoms with E-state index in [4.69, 9.17) is 5.73 Å². The first-order valence-electron chi connectivity index (χ1n) is 7.08. The van der Waals surface area contributed by atoms with Crippen LogP contribution in [0.1, 0.15) is 10.5 Å². The number of nitrogens with zero attached hydrogens (tertiary/aromatic N) is 2. The number of rotatable bonds is 5. The summed E-state index contributed by atoms with van der Waals surface area (Å²) < 4.78 is 1.44. The second-order valence-electron chi connectivity index (χ2n) is 5.03. The molecule has 0 saturated carbocycles. The molecule has 2 amide bonds. The summed E-state index contributed by atoms with van der Waals surface area (Å²) in [5, 5.41) is 16.4. The molecule has 0 unspecified atom stereocenters. The summed E-state index contributed by atoms with van der Waals surface area (Å²) in [6, 6.07) is 14.2. The molecular formula is C17H14N4O3. The normalized spacial score (nSPS) is 10.3. The van der Waals surface area contributed by atoms with Crippen LogP contribution in [0.2, 0.25) is 0 Å². The number of phenols is 1.